The minimum atomic E-state index is -6.61. The Hall–Kier alpha value is -0.950. The summed E-state index contributed by atoms with van der Waals surface area (Å²) >= 11 is 4.07. The van der Waals surface area contributed by atoms with E-state index in [1.165, 1.54) is 0 Å². The molecular weight excluding hydrogens is 706 g/mol. The van der Waals surface area contributed by atoms with Gasteiger partial charge in [-0.05, 0) is 70.2 Å². The number of carbonyl (C=O) groups excluding carboxylic acids is 2. The molecule has 33 heavy (non-hydrogen) atoms. The van der Waals surface area contributed by atoms with Gasteiger partial charge in [-0.15, -0.1) is 0 Å². The molecule has 0 saturated heterocycles. The van der Waals surface area contributed by atoms with Crippen molar-refractivity contribution in [3.63, 3.8) is 0 Å². The number of rotatable bonds is 6. The van der Waals surface area contributed by atoms with Gasteiger partial charge in [0.05, 0.1) is 22.5 Å². The van der Waals surface area contributed by atoms with Gasteiger partial charge in [-0.1, -0.05) is 0 Å². The van der Waals surface area contributed by atoms with Gasteiger partial charge in [0.2, 0.25) is 0 Å². The van der Waals surface area contributed by atoms with Gasteiger partial charge in [-0.25, -0.2) is 13.2 Å². The molecule has 1 heterocycles. The maximum Gasteiger partial charge on any atom is 0.396 e. The molecule has 1 aliphatic heterocycles. The molecule has 0 bridgehead atoms. The van der Waals surface area contributed by atoms with Crippen LogP contribution in [0.3, 0.4) is 0 Å². The molecule has 1 saturated carbocycles. The van der Waals surface area contributed by atoms with Crippen molar-refractivity contribution >= 4 is 67.2 Å². The third-order valence-corrected chi connectivity index (χ3v) is 7.63. The van der Waals surface area contributed by atoms with Crippen LogP contribution in [0.5, 0.6) is 5.75 Å². The van der Waals surface area contributed by atoms with E-state index in [0.717, 1.165) is 3.57 Å². The molecule has 2 aliphatic rings. The van der Waals surface area contributed by atoms with Crippen molar-refractivity contribution in [1.82, 2.24) is 0 Å². The van der Waals surface area contributed by atoms with Gasteiger partial charge in [0.1, 0.15) is 5.56 Å². The van der Waals surface area contributed by atoms with Crippen LogP contribution in [-0.4, -0.2) is 48.5 Å². The first-order valence-electron chi connectivity index (χ1n) is 9.38. The first-order chi connectivity index (χ1) is 15.1. The molecule has 0 N–H and O–H groups in total. The Morgan fingerprint density at radius 2 is 1.79 bits per heavy atom. The summed E-state index contributed by atoms with van der Waals surface area (Å²) in [6.45, 7) is -1.21. The van der Waals surface area contributed by atoms with Gasteiger partial charge in [-0.2, -0.15) is 17.6 Å². The monoisotopic (exact) mass is 721 g/mol. The Balaban J connectivity index is 1.57. The highest BCUT2D eigenvalue weighted by Gasteiger charge is 2.61. The molecule has 184 valence electrons. The van der Waals surface area contributed by atoms with Crippen molar-refractivity contribution in [3.05, 3.63) is 24.8 Å². The van der Waals surface area contributed by atoms with Gasteiger partial charge in [0.25, 0.3) is 5.79 Å². The third kappa shape index (κ3) is 5.34. The van der Waals surface area contributed by atoms with Crippen molar-refractivity contribution < 1.29 is 54.3 Å². The summed E-state index contributed by atoms with van der Waals surface area (Å²) in [6, 6.07) is 3.43. The number of hydrogen-bond acceptors (Lipinski definition) is 8. The van der Waals surface area contributed by atoms with E-state index in [-0.39, 0.29) is 31.2 Å². The van der Waals surface area contributed by atoms with Crippen molar-refractivity contribution in [1.29, 1.82) is 0 Å². The first-order valence-corrected chi connectivity index (χ1v) is 12.9. The lowest BCUT2D eigenvalue weighted by Crippen LogP contribution is -2.48. The Bertz CT molecular complexity index is 1070. The number of fused-ring (bicyclic) bond motifs is 1. The van der Waals surface area contributed by atoms with Gasteiger partial charge >= 0.3 is 23.1 Å². The highest BCUT2D eigenvalue weighted by atomic mass is 127. The fraction of sp³-hybridized carbons (Fsp3) is 0.556. The van der Waals surface area contributed by atoms with E-state index in [2.05, 4.69) is 4.74 Å². The van der Waals surface area contributed by atoms with Gasteiger partial charge in [0.15, 0.2) is 15.9 Å². The average molecular weight is 721 g/mol. The summed E-state index contributed by atoms with van der Waals surface area (Å²) in [5.74, 6) is -8.48. The summed E-state index contributed by atoms with van der Waals surface area (Å²) in [6.07, 6.45) is -1.45. The zero-order valence-corrected chi connectivity index (χ0v) is 21.5. The molecule has 1 aromatic rings. The number of benzene rings is 1. The third-order valence-electron chi connectivity index (χ3n) is 5.28. The minimum absolute atomic E-state index is 0.0999. The highest BCUT2D eigenvalue weighted by molar-refractivity contribution is 14.1. The van der Waals surface area contributed by atoms with E-state index in [9.17, 15) is 40.1 Å². The second-order valence-electron chi connectivity index (χ2n) is 7.53. The van der Waals surface area contributed by atoms with Crippen molar-refractivity contribution in [2.24, 2.45) is 5.92 Å². The van der Waals surface area contributed by atoms with E-state index in [1.54, 1.807) is 6.07 Å². The van der Waals surface area contributed by atoms with Crippen LogP contribution in [0.1, 0.15) is 42.5 Å². The molecule has 1 aromatic carbocycles. The SMILES string of the molecule is O=C1OC2(CCC(C(=O)OCCC(F)(F)C(F)(F)S(=O)(=O)[O-])CC2)Oc2c(I)cc(I)cc21. The number of alkyl halides is 4. The lowest BCUT2D eigenvalue weighted by Gasteiger charge is -2.41. The maximum absolute atomic E-state index is 13.5. The largest absolute Gasteiger partial charge is 0.743 e. The lowest BCUT2D eigenvalue weighted by molar-refractivity contribution is -0.187. The van der Waals surface area contributed by atoms with Crippen molar-refractivity contribution in [2.45, 2.75) is 49.1 Å². The van der Waals surface area contributed by atoms with E-state index >= 15 is 0 Å². The number of halogens is 6. The predicted octanol–water partition coefficient (Wildman–Crippen LogP) is 4.04. The molecule has 1 aliphatic carbocycles. The Labute approximate surface area is 212 Å². The molecular formula is C18H15F4I2O8S-. The van der Waals surface area contributed by atoms with E-state index in [1.807, 2.05) is 51.2 Å². The zero-order chi connectivity index (χ0) is 24.8. The quantitative estimate of drug-likeness (QED) is 0.187. The average Bonchev–Trinajstić information content (AvgIpc) is 2.68. The maximum atomic E-state index is 13.5. The van der Waals surface area contributed by atoms with Crippen LogP contribution in [0.2, 0.25) is 0 Å². The van der Waals surface area contributed by atoms with E-state index in [4.69, 9.17) is 9.47 Å². The number of carbonyl (C=O) groups is 2. The molecule has 0 radical (unpaired) electrons. The topological polar surface area (TPSA) is 119 Å². The summed E-state index contributed by atoms with van der Waals surface area (Å²) in [7, 11) is -6.61. The fourth-order valence-corrected chi connectivity index (χ4v) is 5.89. The number of esters is 2. The molecule has 8 nitrogen and oxygen atoms in total. The molecule has 0 unspecified atom stereocenters. The predicted molar refractivity (Wildman–Crippen MR) is 118 cm³/mol. The normalized spacial score (nSPS) is 23.5. The fourth-order valence-electron chi connectivity index (χ4n) is 3.47. The molecule has 0 aromatic heterocycles. The molecule has 0 atom stereocenters. The van der Waals surface area contributed by atoms with Crippen LogP contribution >= 0.6 is 45.2 Å². The van der Waals surface area contributed by atoms with Crippen molar-refractivity contribution in [3.8, 4) is 5.75 Å². The van der Waals surface area contributed by atoms with Crippen molar-refractivity contribution in [2.75, 3.05) is 6.61 Å². The Kier molecular flexibility index (Phi) is 7.47. The Morgan fingerprint density at radius 1 is 1.18 bits per heavy atom. The van der Waals surface area contributed by atoms with Gasteiger partial charge in [0, 0.05) is 16.4 Å². The van der Waals surface area contributed by atoms with Crippen LogP contribution in [0, 0.1) is 13.1 Å². The lowest BCUT2D eigenvalue weighted by atomic mass is 9.84. The van der Waals surface area contributed by atoms with Gasteiger partial charge in [-0.3, -0.25) is 4.79 Å². The minimum Gasteiger partial charge on any atom is -0.743 e. The summed E-state index contributed by atoms with van der Waals surface area (Å²) in [5, 5.41) is -5.84. The smallest absolute Gasteiger partial charge is 0.396 e. The standard InChI is InChI=1S/C18H16F4I2O8S/c19-17(20,18(21,22)33(27,28)29)5-6-30-14(25)9-1-3-16(4-2-9)31-13-11(15(26)32-16)7-10(23)8-12(13)24/h7-9H,1-6H2,(H,27,28,29)/p-1. The number of hydrogen-bond donors (Lipinski definition) is 0. The van der Waals surface area contributed by atoms with Crippen LogP contribution < -0.4 is 4.74 Å². The van der Waals surface area contributed by atoms with Crippen LogP contribution in [-0.2, 0) is 24.4 Å². The van der Waals surface area contributed by atoms with Gasteiger partial charge < -0.3 is 18.8 Å². The van der Waals surface area contributed by atoms with Crippen LogP contribution in [0.15, 0.2) is 12.1 Å². The van der Waals surface area contributed by atoms with Crippen LogP contribution in [0.4, 0.5) is 17.6 Å². The van der Waals surface area contributed by atoms with Crippen LogP contribution in [0.25, 0.3) is 0 Å². The Morgan fingerprint density at radius 3 is 2.36 bits per heavy atom. The second-order valence-corrected chi connectivity index (χ2v) is 11.4. The first kappa shape index (κ1) is 26.7. The second kappa shape index (κ2) is 9.25. The molecule has 3 rings (SSSR count). The number of ether oxygens (including phenoxy) is 3. The molecule has 15 heteroatoms. The molecule has 0 amide bonds. The zero-order valence-electron chi connectivity index (χ0n) is 16.4. The molecule has 1 spiro atoms. The van der Waals surface area contributed by atoms with E-state index in [0.29, 0.717) is 9.32 Å². The highest BCUT2D eigenvalue weighted by Crippen LogP contribution is 2.44. The molecule has 1 fully saturated rings. The summed E-state index contributed by atoms with van der Waals surface area (Å²) in [5.41, 5.74) is 0.274. The van der Waals surface area contributed by atoms with E-state index < -0.39 is 58.0 Å². The summed E-state index contributed by atoms with van der Waals surface area (Å²) in [4.78, 5) is 24.6. The summed E-state index contributed by atoms with van der Waals surface area (Å²) < 4.78 is 102.